The van der Waals surface area contributed by atoms with Gasteiger partial charge in [-0.1, -0.05) is 12.1 Å². The van der Waals surface area contributed by atoms with E-state index in [0.29, 0.717) is 5.75 Å². The maximum absolute atomic E-state index is 9.41. The molecule has 0 aromatic heterocycles. The van der Waals surface area contributed by atoms with Crippen molar-refractivity contribution in [3.63, 3.8) is 0 Å². The normalized spacial score (nSPS) is 29.0. The van der Waals surface area contributed by atoms with E-state index >= 15 is 0 Å². The molecular formula is C14H20N2O. The third kappa shape index (κ3) is 2.17. The molecule has 2 unspecified atom stereocenters. The van der Waals surface area contributed by atoms with Gasteiger partial charge in [0.2, 0.25) is 0 Å². The third-order valence-electron chi connectivity index (χ3n) is 4.26. The van der Waals surface area contributed by atoms with Gasteiger partial charge >= 0.3 is 0 Å². The molecule has 1 aromatic rings. The van der Waals surface area contributed by atoms with Gasteiger partial charge in [0.25, 0.3) is 0 Å². The molecule has 92 valence electrons. The molecule has 3 aliphatic heterocycles. The number of rotatable bonds is 3. The fourth-order valence-corrected chi connectivity index (χ4v) is 3.07. The van der Waals surface area contributed by atoms with Gasteiger partial charge in [0.05, 0.1) is 0 Å². The summed E-state index contributed by atoms with van der Waals surface area (Å²) in [4.78, 5) is 5.06. The molecule has 4 rings (SSSR count). The van der Waals surface area contributed by atoms with Crippen LogP contribution in [0, 0.1) is 0 Å². The average Bonchev–Trinajstić information content (AvgIpc) is 2.36. The van der Waals surface area contributed by atoms with E-state index in [1.165, 1.54) is 25.1 Å². The first-order valence-electron chi connectivity index (χ1n) is 6.44. The fourth-order valence-electron chi connectivity index (χ4n) is 3.07. The molecule has 3 fully saturated rings. The number of hydrogen-bond acceptors (Lipinski definition) is 3. The third-order valence-corrected chi connectivity index (χ3v) is 4.26. The van der Waals surface area contributed by atoms with Gasteiger partial charge in [0, 0.05) is 31.7 Å². The molecular weight excluding hydrogens is 212 g/mol. The SMILES string of the molecule is CN1C2CC1CN(CCc1cccc(O)c1)C2. The number of fused-ring (bicyclic) bond motifs is 2. The number of piperidine rings is 1. The van der Waals surface area contributed by atoms with Gasteiger partial charge in [-0.05, 0) is 37.6 Å². The van der Waals surface area contributed by atoms with Crippen molar-refractivity contribution in [2.75, 3.05) is 26.7 Å². The minimum absolute atomic E-state index is 0.378. The van der Waals surface area contributed by atoms with Crippen LogP contribution in [0.3, 0.4) is 0 Å². The van der Waals surface area contributed by atoms with E-state index < -0.39 is 0 Å². The van der Waals surface area contributed by atoms with E-state index in [-0.39, 0.29) is 0 Å². The van der Waals surface area contributed by atoms with Crippen LogP contribution in [-0.2, 0) is 6.42 Å². The zero-order valence-corrected chi connectivity index (χ0v) is 10.3. The second-order valence-electron chi connectivity index (χ2n) is 5.39. The maximum atomic E-state index is 9.41. The predicted molar refractivity (Wildman–Crippen MR) is 68.2 cm³/mol. The van der Waals surface area contributed by atoms with Crippen LogP contribution in [0.15, 0.2) is 24.3 Å². The molecule has 17 heavy (non-hydrogen) atoms. The molecule has 0 amide bonds. The van der Waals surface area contributed by atoms with Gasteiger partial charge in [0.1, 0.15) is 5.75 Å². The van der Waals surface area contributed by atoms with E-state index in [9.17, 15) is 5.11 Å². The molecule has 0 aliphatic carbocycles. The lowest BCUT2D eigenvalue weighted by molar-refractivity contribution is -0.0497. The largest absolute Gasteiger partial charge is 0.508 e. The van der Waals surface area contributed by atoms with Gasteiger partial charge in [0.15, 0.2) is 0 Å². The van der Waals surface area contributed by atoms with Crippen molar-refractivity contribution in [3.8, 4) is 5.75 Å². The molecule has 0 radical (unpaired) electrons. The number of likely N-dealkylation sites (N-methyl/N-ethyl adjacent to an activating group) is 1. The quantitative estimate of drug-likeness (QED) is 0.851. The standard InChI is InChI=1S/C14H20N2O/c1-15-12-8-13(15)10-16(9-12)6-5-11-3-2-4-14(17)7-11/h2-4,7,12-13,17H,5-6,8-10H2,1H3. The summed E-state index contributed by atoms with van der Waals surface area (Å²) in [5, 5.41) is 9.41. The van der Waals surface area contributed by atoms with Crippen molar-refractivity contribution in [1.29, 1.82) is 0 Å². The number of phenolic OH excluding ortho intramolecular Hbond substituents is 1. The van der Waals surface area contributed by atoms with E-state index in [1.807, 2.05) is 12.1 Å². The average molecular weight is 232 g/mol. The molecule has 0 spiro atoms. The second kappa shape index (κ2) is 4.31. The highest BCUT2D eigenvalue weighted by Gasteiger charge is 2.41. The first-order valence-corrected chi connectivity index (χ1v) is 6.44. The van der Waals surface area contributed by atoms with Crippen LogP contribution in [0.2, 0.25) is 0 Å². The maximum Gasteiger partial charge on any atom is 0.115 e. The highest BCUT2D eigenvalue weighted by atomic mass is 16.3. The zero-order chi connectivity index (χ0) is 11.8. The summed E-state index contributed by atoms with van der Waals surface area (Å²) >= 11 is 0. The molecule has 2 bridgehead atoms. The van der Waals surface area contributed by atoms with Crippen molar-refractivity contribution in [2.24, 2.45) is 0 Å². The Labute approximate surface area is 103 Å². The van der Waals surface area contributed by atoms with E-state index in [0.717, 1.165) is 25.0 Å². The zero-order valence-electron chi connectivity index (χ0n) is 10.3. The molecule has 3 nitrogen and oxygen atoms in total. The lowest BCUT2D eigenvalue weighted by Gasteiger charge is -2.55. The predicted octanol–water partition coefficient (Wildman–Crippen LogP) is 1.32. The number of phenols is 1. The molecule has 1 aromatic carbocycles. The molecule has 3 heterocycles. The summed E-state index contributed by atoms with van der Waals surface area (Å²) in [5.41, 5.74) is 1.23. The van der Waals surface area contributed by atoms with Crippen molar-refractivity contribution >= 4 is 0 Å². The second-order valence-corrected chi connectivity index (χ2v) is 5.39. The van der Waals surface area contributed by atoms with Crippen LogP contribution < -0.4 is 0 Å². The molecule has 2 atom stereocenters. The van der Waals surface area contributed by atoms with Gasteiger partial charge in [-0.2, -0.15) is 0 Å². The smallest absolute Gasteiger partial charge is 0.115 e. The number of benzene rings is 1. The lowest BCUT2D eigenvalue weighted by atomic mass is 9.88. The number of aromatic hydroxyl groups is 1. The summed E-state index contributed by atoms with van der Waals surface area (Å²) in [7, 11) is 2.24. The van der Waals surface area contributed by atoms with E-state index in [2.05, 4.69) is 22.9 Å². The van der Waals surface area contributed by atoms with Crippen molar-refractivity contribution in [1.82, 2.24) is 9.80 Å². The van der Waals surface area contributed by atoms with E-state index in [1.54, 1.807) is 6.07 Å². The minimum atomic E-state index is 0.378. The first-order chi connectivity index (χ1) is 8.22. The lowest BCUT2D eigenvalue weighted by Crippen LogP contribution is -2.67. The topological polar surface area (TPSA) is 26.7 Å². The Morgan fingerprint density at radius 3 is 2.71 bits per heavy atom. The summed E-state index contributed by atoms with van der Waals surface area (Å²) in [6.45, 7) is 3.54. The summed E-state index contributed by atoms with van der Waals surface area (Å²) in [6.07, 6.45) is 2.43. The Kier molecular flexibility index (Phi) is 2.81. The fraction of sp³-hybridized carbons (Fsp3) is 0.571. The van der Waals surface area contributed by atoms with Gasteiger partial charge in [-0.25, -0.2) is 0 Å². The molecule has 3 heteroatoms. The van der Waals surface area contributed by atoms with Crippen LogP contribution >= 0.6 is 0 Å². The van der Waals surface area contributed by atoms with Crippen molar-refractivity contribution in [3.05, 3.63) is 29.8 Å². The highest BCUT2D eigenvalue weighted by Crippen LogP contribution is 2.30. The number of nitrogens with zero attached hydrogens (tertiary/aromatic N) is 2. The van der Waals surface area contributed by atoms with Gasteiger partial charge < -0.3 is 5.11 Å². The van der Waals surface area contributed by atoms with Crippen molar-refractivity contribution in [2.45, 2.75) is 24.9 Å². The van der Waals surface area contributed by atoms with Crippen LogP contribution in [0.4, 0.5) is 0 Å². The van der Waals surface area contributed by atoms with Crippen molar-refractivity contribution < 1.29 is 5.11 Å². The molecule has 0 saturated carbocycles. The molecule has 3 aliphatic rings. The minimum Gasteiger partial charge on any atom is -0.508 e. The summed E-state index contributed by atoms with van der Waals surface area (Å²) in [6, 6.07) is 9.20. The first kappa shape index (κ1) is 11.1. The number of hydrogen-bond donors (Lipinski definition) is 1. The van der Waals surface area contributed by atoms with Crippen LogP contribution in [0.1, 0.15) is 12.0 Å². The highest BCUT2D eigenvalue weighted by molar-refractivity contribution is 5.27. The Balaban J connectivity index is 1.52. The number of piperazine rings is 1. The monoisotopic (exact) mass is 232 g/mol. The van der Waals surface area contributed by atoms with Gasteiger partial charge in [-0.3, -0.25) is 9.80 Å². The van der Waals surface area contributed by atoms with Crippen LogP contribution in [-0.4, -0.2) is 53.7 Å². The van der Waals surface area contributed by atoms with E-state index in [4.69, 9.17) is 0 Å². The Bertz CT molecular complexity index is 395. The summed E-state index contributed by atoms with van der Waals surface area (Å²) in [5.74, 6) is 0.378. The Morgan fingerprint density at radius 1 is 1.29 bits per heavy atom. The molecule has 1 N–H and O–H groups in total. The van der Waals surface area contributed by atoms with Gasteiger partial charge in [-0.15, -0.1) is 0 Å². The molecule has 3 saturated heterocycles. The summed E-state index contributed by atoms with van der Waals surface area (Å²) < 4.78 is 0. The Morgan fingerprint density at radius 2 is 2.06 bits per heavy atom. The Hall–Kier alpha value is -1.06. The van der Waals surface area contributed by atoms with Crippen LogP contribution in [0.5, 0.6) is 5.75 Å². The van der Waals surface area contributed by atoms with Crippen LogP contribution in [0.25, 0.3) is 0 Å².